The summed E-state index contributed by atoms with van der Waals surface area (Å²) in [6, 6.07) is 0. The van der Waals surface area contributed by atoms with Gasteiger partial charge in [0, 0.05) is 14.4 Å². The first-order valence-corrected chi connectivity index (χ1v) is 8.53. The molecular weight excluding hydrogens is 284 g/mol. The molecule has 0 aliphatic rings. The van der Waals surface area contributed by atoms with Crippen LogP contribution in [0.1, 0.15) is 52.7 Å². The van der Waals surface area contributed by atoms with Gasteiger partial charge in [-0.1, -0.05) is 41.5 Å². The maximum atomic E-state index is 6.45. The molecule has 1 aromatic carbocycles. The van der Waals surface area contributed by atoms with Gasteiger partial charge in [0.25, 0.3) is 0 Å². The third-order valence-electron chi connectivity index (χ3n) is 2.86. The van der Waals surface area contributed by atoms with Crippen LogP contribution in [0.2, 0.25) is 0 Å². The SMILES string of the molecule is Cc1c(C)c(SC(C)(C)C)c(N)c(SC(C)(C)C)c1N. The zero-order valence-corrected chi connectivity index (χ0v) is 15.6. The van der Waals surface area contributed by atoms with E-state index in [2.05, 4.69) is 55.4 Å². The van der Waals surface area contributed by atoms with Gasteiger partial charge in [-0.05, 0) is 25.0 Å². The minimum atomic E-state index is 0.0909. The van der Waals surface area contributed by atoms with Crippen molar-refractivity contribution in [2.45, 2.75) is 74.7 Å². The fraction of sp³-hybridized carbons (Fsp3) is 0.625. The van der Waals surface area contributed by atoms with Crippen molar-refractivity contribution in [1.82, 2.24) is 0 Å². The molecule has 0 aromatic heterocycles. The minimum absolute atomic E-state index is 0.0909. The first-order chi connectivity index (χ1) is 8.83. The summed E-state index contributed by atoms with van der Waals surface area (Å²) in [5.74, 6) is 0. The maximum absolute atomic E-state index is 6.45. The van der Waals surface area contributed by atoms with Crippen molar-refractivity contribution < 1.29 is 0 Å². The summed E-state index contributed by atoms with van der Waals surface area (Å²) in [5, 5.41) is 0. The number of nitrogen functional groups attached to an aromatic ring is 2. The Bertz CT molecular complexity index is 466. The molecule has 0 spiro atoms. The molecule has 2 nitrogen and oxygen atoms in total. The molecule has 0 radical (unpaired) electrons. The molecule has 4 N–H and O–H groups in total. The molecule has 0 bridgehead atoms. The van der Waals surface area contributed by atoms with Crippen molar-refractivity contribution >= 4 is 34.9 Å². The second-order valence-corrected chi connectivity index (χ2v) is 10.8. The van der Waals surface area contributed by atoms with E-state index in [0.717, 1.165) is 21.8 Å². The number of thioether (sulfide) groups is 2. The van der Waals surface area contributed by atoms with Gasteiger partial charge in [0.15, 0.2) is 0 Å². The molecule has 1 aromatic rings. The predicted octanol–water partition coefficient (Wildman–Crippen LogP) is 5.25. The Morgan fingerprint density at radius 2 is 1.05 bits per heavy atom. The highest BCUT2D eigenvalue weighted by Gasteiger charge is 2.24. The minimum Gasteiger partial charge on any atom is -0.398 e. The Hall–Kier alpha value is -0.480. The number of rotatable bonds is 2. The molecule has 1 rings (SSSR count). The Morgan fingerprint density at radius 1 is 0.650 bits per heavy atom. The largest absolute Gasteiger partial charge is 0.398 e. The van der Waals surface area contributed by atoms with Crippen LogP contribution in [0.3, 0.4) is 0 Å². The normalized spacial score (nSPS) is 12.8. The lowest BCUT2D eigenvalue weighted by Gasteiger charge is -2.27. The lowest BCUT2D eigenvalue weighted by Crippen LogP contribution is -2.13. The summed E-state index contributed by atoms with van der Waals surface area (Å²) in [6.45, 7) is 17.4. The number of hydrogen-bond donors (Lipinski definition) is 2. The summed E-state index contributed by atoms with van der Waals surface area (Å²) in [6.07, 6.45) is 0. The lowest BCUT2D eigenvalue weighted by atomic mass is 10.1. The predicted molar refractivity (Wildman–Crippen MR) is 96.0 cm³/mol. The third kappa shape index (κ3) is 4.26. The molecule has 0 fully saturated rings. The van der Waals surface area contributed by atoms with Gasteiger partial charge in [0.1, 0.15) is 0 Å². The van der Waals surface area contributed by atoms with Crippen molar-refractivity contribution in [3.8, 4) is 0 Å². The molecule has 0 saturated carbocycles. The smallest absolute Gasteiger partial charge is 0.0614 e. The highest BCUT2D eigenvalue weighted by atomic mass is 32.2. The zero-order valence-electron chi connectivity index (χ0n) is 14.0. The van der Waals surface area contributed by atoms with E-state index in [1.807, 2.05) is 11.8 Å². The van der Waals surface area contributed by atoms with Gasteiger partial charge in [-0.25, -0.2) is 0 Å². The van der Waals surface area contributed by atoms with Crippen molar-refractivity contribution in [3.05, 3.63) is 11.1 Å². The van der Waals surface area contributed by atoms with Crippen LogP contribution in [-0.2, 0) is 0 Å². The van der Waals surface area contributed by atoms with E-state index in [1.54, 1.807) is 11.8 Å². The van der Waals surface area contributed by atoms with Gasteiger partial charge in [0.05, 0.1) is 16.3 Å². The molecule has 0 saturated heterocycles. The molecular formula is C16H28N2S2. The van der Waals surface area contributed by atoms with Crippen LogP contribution in [0.15, 0.2) is 9.79 Å². The number of benzene rings is 1. The molecule has 20 heavy (non-hydrogen) atoms. The van der Waals surface area contributed by atoms with Gasteiger partial charge in [-0.2, -0.15) is 0 Å². The molecule has 114 valence electrons. The quantitative estimate of drug-likeness (QED) is 0.578. The van der Waals surface area contributed by atoms with E-state index in [4.69, 9.17) is 11.5 Å². The summed E-state index contributed by atoms with van der Waals surface area (Å²) in [7, 11) is 0. The third-order valence-corrected chi connectivity index (χ3v) is 5.46. The van der Waals surface area contributed by atoms with Crippen LogP contribution < -0.4 is 11.5 Å². The molecule has 0 atom stereocenters. The highest BCUT2D eigenvalue weighted by molar-refractivity contribution is 8.01. The molecule has 0 unspecified atom stereocenters. The number of anilines is 2. The average Bonchev–Trinajstić information content (AvgIpc) is 2.25. The van der Waals surface area contributed by atoms with Gasteiger partial charge < -0.3 is 11.5 Å². The van der Waals surface area contributed by atoms with E-state index >= 15 is 0 Å². The summed E-state index contributed by atoms with van der Waals surface area (Å²) in [5.41, 5.74) is 16.8. The zero-order chi connectivity index (χ0) is 15.9. The van der Waals surface area contributed by atoms with Crippen molar-refractivity contribution in [1.29, 1.82) is 0 Å². The Morgan fingerprint density at radius 3 is 1.45 bits per heavy atom. The summed E-state index contributed by atoms with van der Waals surface area (Å²) < 4.78 is 0.221. The van der Waals surface area contributed by atoms with Crippen LogP contribution in [0.4, 0.5) is 11.4 Å². The fourth-order valence-electron chi connectivity index (χ4n) is 1.85. The highest BCUT2D eigenvalue weighted by Crippen LogP contribution is 2.48. The van der Waals surface area contributed by atoms with E-state index in [-0.39, 0.29) is 9.49 Å². The van der Waals surface area contributed by atoms with E-state index in [1.165, 1.54) is 10.5 Å². The first-order valence-electron chi connectivity index (χ1n) is 6.89. The van der Waals surface area contributed by atoms with Crippen LogP contribution in [-0.4, -0.2) is 9.49 Å². The Labute approximate surface area is 132 Å². The monoisotopic (exact) mass is 312 g/mol. The number of hydrogen-bond acceptors (Lipinski definition) is 4. The van der Waals surface area contributed by atoms with Gasteiger partial charge in [0.2, 0.25) is 0 Å². The van der Waals surface area contributed by atoms with Gasteiger partial charge in [-0.3, -0.25) is 0 Å². The van der Waals surface area contributed by atoms with Crippen LogP contribution in [0.5, 0.6) is 0 Å². The topological polar surface area (TPSA) is 52.0 Å². The van der Waals surface area contributed by atoms with Crippen LogP contribution >= 0.6 is 23.5 Å². The van der Waals surface area contributed by atoms with Crippen LogP contribution in [0.25, 0.3) is 0 Å². The first kappa shape index (κ1) is 17.6. The van der Waals surface area contributed by atoms with Crippen molar-refractivity contribution in [3.63, 3.8) is 0 Å². The van der Waals surface area contributed by atoms with Gasteiger partial charge >= 0.3 is 0 Å². The van der Waals surface area contributed by atoms with Crippen molar-refractivity contribution in [2.75, 3.05) is 11.5 Å². The van der Waals surface area contributed by atoms with Crippen molar-refractivity contribution in [2.24, 2.45) is 0 Å². The Balaban J connectivity index is 3.47. The summed E-state index contributed by atoms with van der Waals surface area (Å²) in [4.78, 5) is 2.21. The average molecular weight is 313 g/mol. The molecule has 0 aliphatic heterocycles. The molecule has 4 heteroatoms. The second kappa shape index (κ2) is 5.72. The fourth-order valence-corrected chi connectivity index (χ4v) is 4.13. The van der Waals surface area contributed by atoms with Gasteiger partial charge in [-0.15, -0.1) is 23.5 Å². The van der Waals surface area contributed by atoms with E-state index in [9.17, 15) is 0 Å². The molecule has 0 aliphatic carbocycles. The Kier molecular flexibility index (Phi) is 5.03. The standard InChI is InChI=1S/C16H28N2S2/c1-9-10(2)13(19-15(3,4)5)12(18)14(11(9)17)20-16(6,7)8/h17-18H2,1-8H3. The van der Waals surface area contributed by atoms with Crippen LogP contribution in [0, 0.1) is 13.8 Å². The molecule has 0 heterocycles. The number of nitrogens with two attached hydrogens (primary N) is 2. The molecule has 0 amide bonds. The maximum Gasteiger partial charge on any atom is 0.0614 e. The van der Waals surface area contributed by atoms with E-state index < -0.39 is 0 Å². The van der Waals surface area contributed by atoms with E-state index in [0.29, 0.717) is 0 Å². The summed E-state index contributed by atoms with van der Waals surface area (Å²) >= 11 is 3.58. The second-order valence-electron chi connectivity index (χ2n) is 7.16. The lowest BCUT2D eigenvalue weighted by molar-refractivity contribution is 0.800.